The lowest BCUT2D eigenvalue weighted by molar-refractivity contribution is -0.128. The molecular formula is C18H29ClN4O2. The first kappa shape index (κ1) is 21.1. The summed E-state index contributed by atoms with van der Waals surface area (Å²) in [6, 6.07) is 5.65. The van der Waals surface area contributed by atoms with Gasteiger partial charge >= 0.3 is 0 Å². The highest BCUT2D eigenvalue weighted by Gasteiger charge is 2.27. The molecule has 1 aromatic rings. The number of hydrogen-bond acceptors (Lipinski definition) is 3. The van der Waals surface area contributed by atoms with Gasteiger partial charge in [-0.05, 0) is 44.9 Å². The number of methoxy groups -OCH3 is 1. The highest BCUT2D eigenvalue weighted by Crippen LogP contribution is 2.22. The van der Waals surface area contributed by atoms with Crippen molar-refractivity contribution < 1.29 is 9.53 Å². The van der Waals surface area contributed by atoms with Gasteiger partial charge < -0.3 is 20.7 Å². The number of nitrogens with one attached hydrogen (secondary N) is 3. The largest absolute Gasteiger partial charge is 0.497 e. The first-order valence-electron chi connectivity index (χ1n) is 8.39. The molecule has 0 aliphatic heterocycles. The zero-order valence-corrected chi connectivity index (χ0v) is 16.5. The summed E-state index contributed by atoms with van der Waals surface area (Å²) >= 11 is 6.24. The van der Waals surface area contributed by atoms with Gasteiger partial charge in [-0.1, -0.05) is 17.7 Å². The van der Waals surface area contributed by atoms with E-state index in [-0.39, 0.29) is 5.91 Å². The minimum atomic E-state index is -0.521. The molecule has 0 aromatic heterocycles. The minimum absolute atomic E-state index is 0.0166. The molecule has 0 heterocycles. The Balaban J connectivity index is 2.48. The fourth-order valence-electron chi connectivity index (χ4n) is 2.18. The van der Waals surface area contributed by atoms with Crippen LogP contribution in [0.1, 0.15) is 26.3 Å². The highest BCUT2D eigenvalue weighted by atomic mass is 35.5. The van der Waals surface area contributed by atoms with Gasteiger partial charge in [0.05, 0.1) is 12.5 Å². The van der Waals surface area contributed by atoms with E-state index in [0.29, 0.717) is 30.6 Å². The van der Waals surface area contributed by atoms with E-state index in [0.717, 1.165) is 17.7 Å². The van der Waals surface area contributed by atoms with Gasteiger partial charge in [-0.3, -0.25) is 9.79 Å². The molecule has 0 unspecified atom stereocenters. The van der Waals surface area contributed by atoms with Crippen molar-refractivity contribution >= 4 is 23.5 Å². The van der Waals surface area contributed by atoms with Crippen molar-refractivity contribution in [3.05, 3.63) is 28.8 Å². The van der Waals surface area contributed by atoms with E-state index in [1.54, 1.807) is 20.2 Å². The number of benzene rings is 1. The molecule has 0 radical (unpaired) electrons. The van der Waals surface area contributed by atoms with Crippen molar-refractivity contribution in [1.29, 1.82) is 0 Å². The summed E-state index contributed by atoms with van der Waals surface area (Å²) in [6.07, 6.45) is 0.753. The standard InChI is InChI=1S/C18H29ClN4O2/c1-6-21-16(24)18(2,3)12-23-17(20-4)22-10-9-13-7-8-14(25-5)11-15(13)19/h7-8,11H,6,9-10,12H2,1-5H3,(H,21,24)(H2,20,22,23). The van der Waals surface area contributed by atoms with Crippen LogP contribution in [0, 0.1) is 5.41 Å². The zero-order chi connectivity index (χ0) is 18.9. The lowest BCUT2D eigenvalue weighted by Crippen LogP contribution is -2.48. The van der Waals surface area contributed by atoms with Gasteiger partial charge in [0.1, 0.15) is 5.75 Å². The molecule has 3 N–H and O–H groups in total. The molecule has 6 nitrogen and oxygen atoms in total. The first-order chi connectivity index (χ1) is 11.8. The molecule has 7 heteroatoms. The first-order valence-corrected chi connectivity index (χ1v) is 8.77. The molecule has 0 spiro atoms. The predicted molar refractivity (Wildman–Crippen MR) is 104 cm³/mol. The minimum Gasteiger partial charge on any atom is -0.497 e. The molecule has 1 rings (SSSR count). The fourth-order valence-corrected chi connectivity index (χ4v) is 2.44. The van der Waals surface area contributed by atoms with Crippen molar-refractivity contribution in [3.63, 3.8) is 0 Å². The average Bonchev–Trinajstić information content (AvgIpc) is 2.59. The number of halogens is 1. The Hall–Kier alpha value is -1.95. The second kappa shape index (κ2) is 10.1. The number of ether oxygens (including phenoxy) is 1. The maximum Gasteiger partial charge on any atom is 0.227 e. The summed E-state index contributed by atoms with van der Waals surface area (Å²) in [5.74, 6) is 1.41. The third-order valence-electron chi connectivity index (χ3n) is 3.82. The van der Waals surface area contributed by atoms with Crippen LogP contribution in [0.15, 0.2) is 23.2 Å². The van der Waals surface area contributed by atoms with Gasteiger partial charge in [-0.25, -0.2) is 0 Å². The number of guanidine groups is 1. The van der Waals surface area contributed by atoms with Gasteiger partial charge in [-0.15, -0.1) is 0 Å². The third kappa shape index (κ3) is 6.82. The number of nitrogens with zero attached hydrogens (tertiary/aromatic N) is 1. The SMILES string of the molecule is CCNC(=O)C(C)(C)CNC(=NC)NCCc1ccc(OC)cc1Cl. The van der Waals surface area contributed by atoms with E-state index in [9.17, 15) is 4.79 Å². The van der Waals surface area contributed by atoms with Crippen molar-refractivity contribution in [1.82, 2.24) is 16.0 Å². The zero-order valence-electron chi connectivity index (χ0n) is 15.7. The molecule has 0 saturated heterocycles. The second-order valence-corrected chi connectivity index (χ2v) is 6.71. The van der Waals surface area contributed by atoms with Gasteiger partial charge in [0.25, 0.3) is 0 Å². The fraction of sp³-hybridized carbons (Fsp3) is 0.556. The summed E-state index contributed by atoms with van der Waals surface area (Å²) in [5, 5.41) is 9.95. The Bertz CT molecular complexity index is 603. The number of hydrogen-bond donors (Lipinski definition) is 3. The molecule has 0 saturated carbocycles. The molecule has 0 fully saturated rings. The number of carbonyl (C=O) groups excluding carboxylic acids is 1. The third-order valence-corrected chi connectivity index (χ3v) is 4.17. The number of amides is 1. The van der Waals surface area contributed by atoms with E-state index in [4.69, 9.17) is 16.3 Å². The summed E-state index contributed by atoms with van der Waals surface area (Å²) < 4.78 is 5.15. The molecule has 0 aliphatic rings. The van der Waals surface area contributed by atoms with Crippen molar-refractivity contribution in [2.24, 2.45) is 10.4 Å². The van der Waals surface area contributed by atoms with Crippen LogP contribution in [0.5, 0.6) is 5.75 Å². The van der Waals surface area contributed by atoms with E-state index in [2.05, 4.69) is 20.9 Å². The average molecular weight is 369 g/mol. The van der Waals surface area contributed by atoms with Crippen LogP contribution in [-0.4, -0.2) is 45.7 Å². The quantitative estimate of drug-likeness (QED) is 0.486. The Labute approximate surface area is 155 Å². The van der Waals surface area contributed by atoms with Crippen molar-refractivity contribution in [2.45, 2.75) is 27.2 Å². The smallest absolute Gasteiger partial charge is 0.227 e. The topological polar surface area (TPSA) is 74.8 Å². The van der Waals surface area contributed by atoms with E-state index in [1.165, 1.54) is 0 Å². The van der Waals surface area contributed by atoms with E-state index < -0.39 is 5.41 Å². The maximum absolute atomic E-state index is 12.0. The summed E-state index contributed by atoms with van der Waals surface area (Å²) in [5.41, 5.74) is 0.514. The second-order valence-electron chi connectivity index (χ2n) is 6.30. The molecule has 0 atom stereocenters. The summed E-state index contributed by atoms with van der Waals surface area (Å²) in [6.45, 7) is 7.49. The molecule has 140 valence electrons. The van der Waals surface area contributed by atoms with Crippen LogP contribution in [0.25, 0.3) is 0 Å². The van der Waals surface area contributed by atoms with Gasteiger partial charge in [0.2, 0.25) is 5.91 Å². The van der Waals surface area contributed by atoms with Crippen molar-refractivity contribution in [3.8, 4) is 5.75 Å². The van der Waals surface area contributed by atoms with Gasteiger partial charge in [0, 0.05) is 31.7 Å². The number of carbonyl (C=O) groups is 1. The number of aliphatic imine (C=N–C) groups is 1. The highest BCUT2D eigenvalue weighted by molar-refractivity contribution is 6.31. The van der Waals surface area contributed by atoms with E-state index >= 15 is 0 Å². The van der Waals surface area contributed by atoms with Crippen LogP contribution in [-0.2, 0) is 11.2 Å². The predicted octanol–water partition coefficient (Wildman–Crippen LogP) is 2.22. The lowest BCUT2D eigenvalue weighted by Gasteiger charge is -2.24. The van der Waals surface area contributed by atoms with E-state index in [1.807, 2.05) is 32.9 Å². The van der Waals surface area contributed by atoms with Crippen LogP contribution in [0.2, 0.25) is 5.02 Å². The summed E-state index contributed by atoms with van der Waals surface area (Å²) in [4.78, 5) is 16.2. The Kier molecular flexibility index (Phi) is 8.55. The maximum atomic E-state index is 12.0. The molecular weight excluding hydrogens is 340 g/mol. The van der Waals surface area contributed by atoms with Crippen LogP contribution < -0.4 is 20.7 Å². The van der Waals surface area contributed by atoms with Gasteiger partial charge in [0.15, 0.2) is 5.96 Å². The Morgan fingerprint density at radius 2 is 2.00 bits per heavy atom. The molecule has 1 amide bonds. The van der Waals surface area contributed by atoms with Crippen LogP contribution in [0.4, 0.5) is 0 Å². The van der Waals surface area contributed by atoms with Crippen LogP contribution >= 0.6 is 11.6 Å². The van der Waals surface area contributed by atoms with Crippen molar-refractivity contribution in [2.75, 3.05) is 33.8 Å². The normalized spacial score (nSPS) is 11.8. The number of rotatable bonds is 8. The molecule has 25 heavy (non-hydrogen) atoms. The lowest BCUT2D eigenvalue weighted by atomic mass is 9.92. The van der Waals surface area contributed by atoms with Crippen LogP contribution in [0.3, 0.4) is 0 Å². The summed E-state index contributed by atoms with van der Waals surface area (Å²) in [7, 11) is 3.32. The monoisotopic (exact) mass is 368 g/mol. The van der Waals surface area contributed by atoms with Gasteiger partial charge in [-0.2, -0.15) is 0 Å². The molecule has 1 aromatic carbocycles. The Morgan fingerprint density at radius 1 is 1.28 bits per heavy atom. The molecule has 0 aliphatic carbocycles. The molecule has 0 bridgehead atoms. The Morgan fingerprint density at radius 3 is 2.56 bits per heavy atom.